The van der Waals surface area contributed by atoms with Crippen molar-refractivity contribution in [1.82, 2.24) is 5.32 Å². The van der Waals surface area contributed by atoms with E-state index in [2.05, 4.69) is 11.9 Å². The van der Waals surface area contributed by atoms with Crippen LogP contribution in [0.5, 0.6) is 5.75 Å². The van der Waals surface area contributed by atoms with Crippen LogP contribution >= 0.6 is 0 Å². The molecule has 0 aliphatic rings. The van der Waals surface area contributed by atoms with Crippen LogP contribution in [0, 0.1) is 5.82 Å². The Labute approximate surface area is 125 Å². The highest BCUT2D eigenvalue weighted by atomic mass is 19.1. The van der Waals surface area contributed by atoms with E-state index in [4.69, 9.17) is 4.74 Å². The lowest BCUT2D eigenvalue weighted by atomic mass is 10.1. The molecule has 2 aromatic rings. The minimum atomic E-state index is -0.189. The monoisotopic (exact) mass is 285 g/mol. The molecule has 0 unspecified atom stereocenters. The van der Waals surface area contributed by atoms with Crippen LogP contribution in [-0.4, -0.2) is 13.2 Å². The fourth-order valence-corrected chi connectivity index (χ4v) is 1.98. The normalized spacial score (nSPS) is 10.3. The minimum absolute atomic E-state index is 0.189. The van der Waals surface area contributed by atoms with Gasteiger partial charge < -0.3 is 10.1 Å². The number of benzene rings is 2. The van der Waals surface area contributed by atoms with Crippen LogP contribution in [0.25, 0.3) is 0 Å². The molecule has 0 atom stereocenters. The maximum Gasteiger partial charge on any atom is 0.123 e. The molecule has 0 fully saturated rings. The number of ether oxygens (including phenoxy) is 1. The Kier molecular flexibility index (Phi) is 5.98. The summed E-state index contributed by atoms with van der Waals surface area (Å²) < 4.78 is 18.2. The van der Waals surface area contributed by atoms with Gasteiger partial charge in [0.05, 0.1) is 0 Å². The van der Waals surface area contributed by atoms with E-state index in [1.807, 2.05) is 36.4 Å². The number of hydrogen-bond donors (Lipinski definition) is 1. The molecule has 2 rings (SSSR count). The molecule has 3 heteroatoms. The number of rotatable bonds is 8. The van der Waals surface area contributed by atoms with Crippen molar-refractivity contribution in [3.63, 3.8) is 0 Å². The van der Waals surface area contributed by atoms with Gasteiger partial charge in [-0.25, -0.2) is 4.39 Å². The summed E-state index contributed by atoms with van der Waals surface area (Å²) in [4.78, 5) is 0. The van der Waals surface area contributed by atoms with Crippen molar-refractivity contribution in [2.45, 2.75) is 13.0 Å². The average molecular weight is 285 g/mol. The number of nitrogens with one attached hydrogen (secondary N) is 1. The highest BCUT2D eigenvalue weighted by Gasteiger charge is 1.97. The third kappa shape index (κ3) is 5.40. The second-order valence-electron chi connectivity index (χ2n) is 4.80. The predicted molar refractivity (Wildman–Crippen MR) is 83.9 cm³/mol. The summed E-state index contributed by atoms with van der Waals surface area (Å²) in [6.45, 7) is 5.81. The third-order valence-electron chi connectivity index (χ3n) is 3.12. The molecule has 21 heavy (non-hydrogen) atoms. The maximum absolute atomic E-state index is 12.8. The van der Waals surface area contributed by atoms with E-state index in [1.54, 1.807) is 6.08 Å². The molecule has 0 radical (unpaired) electrons. The quantitative estimate of drug-likeness (QED) is 0.589. The zero-order valence-corrected chi connectivity index (χ0v) is 12.0. The van der Waals surface area contributed by atoms with Gasteiger partial charge >= 0.3 is 0 Å². The topological polar surface area (TPSA) is 21.3 Å². The molecular formula is C18H20FNO. The molecule has 0 bridgehead atoms. The number of halogens is 1. The molecule has 0 aliphatic carbocycles. The van der Waals surface area contributed by atoms with E-state index < -0.39 is 0 Å². The zero-order chi connectivity index (χ0) is 14.9. The van der Waals surface area contributed by atoms with Crippen molar-refractivity contribution in [2.75, 3.05) is 13.2 Å². The lowest BCUT2D eigenvalue weighted by Gasteiger charge is -2.07. The van der Waals surface area contributed by atoms with Crippen LogP contribution in [-0.2, 0) is 13.0 Å². The Morgan fingerprint density at radius 3 is 2.33 bits per heavy atom. The van der Waals surface area contributed by atoms with E-state index in [9.17, 15) is 4.39 Å². The number of hydrogen-bond acceptors (Lipinski definition) is 2. The standard InChI is InChI=1S/C18H20FNO/c1-2-13-21-18-9-5-16(6-10-18)14-20-12-11-15-3-7-17(19)8-4-15/h2-10,20H,1,11-14H2. The SMILES string of the molecule is C=CCOc1ccc(CNCCc2ccc(F)cc2)cc1. The van der Waals surface area contributed by atoms with Gasteiger partial charge in [0.25, 0.3) is 0 Å². The average Bonchev–Trinajstić information content (AvgIpc) is 2.52. The lowest BCUT2D eigenvalue weighted by molar-refractivity contribution is 0.363. The summed E-state index contributed by atoms with van der Waals surface area (Å²) in [6.07, 6.45) is 2.62. The molecule has 110 valence electrons. The van der Waals surface area contributed by atoms with Crippen LogP contribution in [0.4, 0.5) is 4.39 Å². The second-order valence-corrected chi connectivity index (χ2v) is 4.80. The van der Waals surface area contributed by atoms with E-state index in [0.29, 0.717) is 6.61 Å². The molecule has 0 spiro atoms. The fourth-order valence-electron chi connectivity index (χ4n) is 1.98. The fraction of sp³-hybridized carbons (Fsp3) is 0.222. The summed E-state index contributed by atoms with van der Waals surface area (Å²) in [6, 6.07) is 14.6. The molecule has 0 heterocycles. The first-order valence-electron chi connectivity index (χ1n) is 7.06. The first-order chi connectivity index (χ1) is 10.3. The maximum atomic E-state index is 12.8. The molecular weight excluding hydrogens is 265 g/mol. The van der Waals surface area contributed by atoms with Crippen molar-refractivity contribution in [2.24, 2.45) is 0 Å². The Balaban J connectivity index is 1.70. The second kappa shape index (κ2) is 8.22. The van der Waals surface area contributed by atoms with Gasteiger partial charge in [-0.1, -0.05) is 36.9 Å². The van der Waals surface area contributed by atoms with Crippen molar-refractivity contribution in [3.8, 4) is 5.75 Å². The Hall–Kier alpha value is -2.13. The minimum Gasteiger partial charge on any atom is -0.490 e. The Morgan fingerprint density at radius 2 is 1.67 bits per heavy atom. The van der Waals surface area contributed by atoms with Crippen LogP contribution in [0.15, 0.2) is 61.2 Å². The molecule has 2 nitrogen and oxygen atoms in total. The molecule has 1 N–H and O–H groups in total. The highest BCUT2D eigenvalue weighted by molar-refractivity contribution is 5.27. The lowest BCUT2D eigenvalue weighted by Crippen LogP contribution is -2.16. The molecule has 2 aromatic carbocycles. The van der Waals surface area contributed by atoms with E-state index in [0.717, 1.165) is 30.8 Å². The van der Waals surface area contributed by atoms with Gasteiger partial charge in [0.2, 0.25) is 0 Å². The van der Waals surface area contributed by atoms with Gasteiger partial charge in [0, 0.05) is 6.54 Å². The van der Waals surface area contributed by atoms with Crippen LogP contribution in [0.2, 0.25) is 0 Å². The zero-order valence-electron chi connectivity index (χ0n) is 12.0. The summed E-state index contributed by atoms with van der Waals surface area (Å²) in [5.74, 6) is 0.662. The third-order valence-corrected chi connectivity index (χ3v) is 3.12. The van der Waals surface area contributed by atoms with E-state index in [-0.39, 0.29) is 5.82 Å². The summed E-state index contributed by atoms with van der Waals surface area (Å²) in [5.41, 5.74) is 2.34. The van der Waals surface area contributed by atoms with E-state index in [1.165, 1.54) is 17.7 Å². The smallest absolute Gasteiger partial charge is 0.123 e. The van der Waals surface area contributed by atoms with Crippen molar-refractivity contribution < 1.29 is 9.13 Å². The first-order valence-corrected chi connectivity index (χ1v) is 7.06. The highest BCUT2D eigenvalue weighted by Crippen LogP contribution is 2.12. The van der Waals surface area contributed by atoms with Crippen LogP contribution in [0.3, 0.4) is 0 Å². The van der Waals surface area contributed by atoms with Gasteiger partial charge in [-0.15, -0.1) is 0 Å². The molecule has 0 aromatic heterocycles. The summed E-state index contributed by atoms with van der Waals surface area (Å²) in [7, 11) is 0. The van der Waals surface area contributed by atoms with Crippen LogP contribution in [0.1, 0.15) is 11.1 Å². The summed E-state index contributed by atoms with van der Waals surface area (Å²) >= 11 is 0. The van der Waals surface area contributed by atoms with Gasteiger partial charge in [-0.3, -0.25) is 0 Å². The van der Waals surface area contributed by atoms with Crippen molar-refractivity contribution in [3.05, 3.63) is 78.1 Å². The Morgan fingerprint density at radius 1 is 1.00 bits per heavy atom. The molecule has 0 saturated carbocycles. The van der Waals surface area contributed by atoms with Gasteiger partial charge in [-0.2, -0.15) is 0 Å². The van der Waals surface area contributed by atoms with Gasteiger partial charge in [0.1, 0.15) is 18.2 Å². The largest absolute Gasteiger partial charge is 0.490 e. The Bertz CT molecular complexity index is 548. The van der Waals surface area contributed by atoms with Crippen LogP contribution < -0.4 is 10.1 Å². The first kappa shape index (κ1) is 15.3. The van der Waals surface area contributed by atoms with Crippen molar-refractivity contribution >= 4 is 0 Å². The van der Waals surface area contributed by atoms with Gasteiger partial charge in [-0.05, 0) is 48.4 Å². The molecule has 0 aliphatic heterocycles. The predicted octanol–water partition coefficient (Wildman–Crippen LogP) is 3.72. The summed E-state index contributed by atoms with van der Waals surface area (Å²) in [5, 5.41) is 3.38. The van der Waals surface area contributed by atoms with E-state index >= 15 is 0 Å². The van der Waals surface area contributed by atoms with Crippen molar-refractivity contribution in [1.29, 1.82) is 0 Å². The molecule has 0 saturated heterocycles. The van der Waals surface area contributed by atoms with Gasteiger partial charge in [0.15, 0.2) is 0 Å². The molecule has 0 amide bonds.